The quantitative estimate of drug-likeness (QED) is 0.0449. The Morgan fingerprint density at radius 1 is 0.603 bits per heavy atom. The summed E-state index contributed by atoms with van der Waals surface area (Å²) in [5, 5.41) is 34.5. The first kappa shape index (κ1) is 48.9. The summed E-state index contributed by atoms with van der Waals surface area (Å²) in [6, 6.07) is 9.38. The number of thioether (sulfide) groups is 1. The van der Waals surface area contributed by atoms with Gasteiger partial charge in [-0.3, -0.25) is 28.8 Å². The molecule has 0 aromatic heterocycles. The number of hydrogen-bond acceptors (Lipinski definition) is 12. The van der Waals surface area contributed by atoms with E-state index in [0.29, 0.717) is 55.7 Å². The predicted octanol–water partition coefficient (Wildman–Crippen LogP) is -1.23. The maximum atomic E-state index is 13.8. The summed E-state index contributed by atoms with van der Waals surface area (Å²) in [6.07, 6.45) is 4.57. The summed E-state index contributed by atoms with van der Waals surface area (Å²) in [4.78, 5) is 90.8. The number of nitrogens with one attached hydrogen (secondary N) is 6. The maximum absolute atomic E-state index is 13.8. The minimum Gasteiger partial charge on any atom is -0.508 e. The summed E-state index contributed by atoms with van der Waals surface area (Å²) in [5.74, 6) is -4.77. The van der Waals surface area contributed by atoms with Crippen LogP contribution in [0.2, 0.25) is 0 Å². The van der Waals surface area contributed by atoms with Gasteiger partial charge in [0.15, 0.2) is 0 Å². The number of carboxylic acid groups (broad SMARTS) is 1. The lowest BCUT2D eigenvalue weighted by molar-refractivity contribution is -0.142. The van der Waals surface area contributed by atoms with Gasteiger partial charge in [0.1, 0.15) is 29.9 Å². The van der Waals surface area contributed by atoms with Crippen molar-refractivity contribution in [2.45, 2.75) is 88.0 Å². The van der Waals surface area contributed by atoms with E-state index in [1.165, 1.54) is 23.9 Å². The number of amides is 6. The second-order valence-electron chi connectivity index (χ2n) is 13.7. The molecule has 2 aromatic rings. The molecule has 5 atom stereocenters. The van der Waals surface area contributed by atoms with Crippen LogP contribution in [0.4, 0.5) is 0 Å². The molecule has 18 nitrogen and oxygen atoms in total. The highest BCUT2D eigenvalue weighted by molar-refractivity contribution is 7.98. The Bertz CT molecular complexity index is 1620. The van der Waals surface area contributed by atoms with Crippen LogP contribution >= 0.6 is 11.8 Å². The van der Waals surface area contributed by atoms with Crippen molar-refractivity contribution in [2.75, 3.05) is 38.2 Å². The zero-order chi connectivity index (χ0) is 42.9. The van der Waals surface area contributed by atoms with Crippen LogP contribution in [0.3, 0.4) is 0 Å². The largest absolute Gasteiger partial charge is 0.508 e. The van der Waals surface area contributed by atoms with Crippen LogP contribution < -0.4 is 49.1 Å². The number of nitrogens with two attached hydrogens (primary N) is 3. The number of aliphatic carboxylic acids is 1. The van der Waals surface area contributed by atoms with Gasteiger partial charge >= 0.3 is 5.97 Å². The van der Waals surface area contributed by atoms with Crippen molar-refractivity contribution in [1.82, 2.24) is 31.9 Å². The molecule has 0 fully saturated rings. The Kier molecular flexibility index (Phi) is 23.1. The Balaban J connectivity index is 2.11. The van der Waals surface area contributed by atoms with Crippen LogP contribution in [-0.2, 0) is 46.4 Å². The fraction of sp³-hybridized carbons (Fsp3) is 0.513. The summed E-state index contributed by atoms with van der Waals surface area (Å²) >= 11 is 1.43. The Labute approximate surface area is 343 Å². The monoisotopic (exact) mass is 829 g/mol. The lowest BCUT2D eigenvalue weighted by atomic mass is 10.0. The highest BCUT2D eigenvalue weighted by Crippen LogP contribution is 2.12. The Morgan fingerprint density at radius 3 is 1.69 bits per heavy atom. The topological polar surface area (TPSA) is 310 Å². The number of benzene rings is 2. The number of unbranched alkanes of at least 4 members (excludes halogenated alkanes) is 2. The molecular formula is C39H59N9O9S. The lowest BCUT2D eigenvalue weighted by Crippen LogP contribution is -2.58. The van der Waals surface area contributed by atoms with E-state index in [0.717, 1.165) is 0 Å². The van der Waals surface area contributed by atoms with E-state index in [2.05, 4.69) is 31.9 Å². The van der Waals surface area contributed by atoms with Crippen molar-refractivity contribution in [2.24, 2.45) is 17.2 Å². The van der Waals surface area contributed by atoms with Crippen molar-refractivity contribution in [1.29, 1.82) is 0 Å². The third-order valence-electron chi connectivity index (χ3n) is 8.92. The van der Waals surface area contributed by atoms with Crippen LogP contribution in [0, 0.1) is 0 Å². The second-order valence-corrected chi connectivity index (χ2v) is 14.6. The average molecular weight is 830 g/mol. The number of carboxylic acids is 1. The van der Waals surface area contributed by atoms with Crippen LogP contribution in [0.25, 0.3) is 0 Å². The Morgan fingerprint density at radius 2 is 1.12 bits per heavy atom. The van der Waals surface area contributed by atoms with Gasteiger partial charge in [-0.15, -0.1) is 0 Å². The SMILES string of the molecule is CSCCC(NC(=O)C(Cc1ccccc1)NC(=O)CNC(=O)CNC(=O)C(N)Cc1ccc(O)cc1)C(=O)NC(CCCCN)C(=O)NC(CCCCN)C(=O)O. The first-order valence-corrected chi connectivity index (χ1v) is 20.6. The van der Waals surface area contributed by atoms with E-state index in [1.807, 2.05) is 6.26 Å². The standard InChI is InChI=1S/C39H59N9O9S/c1-58-20-17-30(37(54)46-29(11-5-7-18-40)36(53)48-31(39(56)57)12-6-8-19-41)47-38(55)32(22-25-9-3-2-4-10-25)45-34(51)24-43-33(50)23-44-35(52)28(42)21-26-13-15-27(49)16-14-26/h2-4,9-10,13-16,28-32,49H,5-8,11-12,17-24,40-42H2,1H3,(H,43,50)(H,44,52)(H,45,51)(H,46,54)(H,47,55)(H,48,53)(H,56,57). The predicted molar refractivity (Wildman–Crippen MR) is 220 cm³/mol. The van der Waals surface area contributed by atoms with Gasteiger partial charge in [0.05, 0.1) is 19.1 Å². The average Bonchev–Trinajstić information content (AvgIpc) is 3.20. The minimum absolute atomic E-state index is 0.0308. The highest BCUT2D eigenvalue weighted by atomic mass is 32.2. The van der Waals surface area contributed by atoms with Crippen LogP contribution in [0.15, 0.2) is 54.6 Å². The maximum Gasteiger partial charge on any atom is 0.326 e. The van der Waals surface area contributed by atoms with E-state index in [9.17, 15) is 43.8 Å². The number of phenols is 1. The smallest absolute Gasteiger partial charge is 0.326 e. The van der Waals surface area contributed by atoms with Gasteiger partial charge in [-0.2, -0.15) is 11.8 Å². The molecule has 320 valence electrons. The minimum atomic E-state index is -1.22. The van der Waals surface area contributed by atoms with Gasteiger partial charge in [-0.05, 0) is 99.7 Å². The number of carbonyl (C=O) groups is 7. The number of rotatable bonds is 28. The molecule has 0 aliphatic heterocycles. The Hall–Kier alpha value is -5.24. The third kappa shape index (κ3) is 19.3. The summed E-state index contributed by atoms with van der Waals surface area (Å²) in [5.41, 5.74) is 18.5. The van der Waals surface area contributed by atoms with Gasteiger partial charge in [-0.25, -0.2) is 4.79 Å². The van der Waals surface area contributed by atoms with Crippen molar-refractivity contribution in [3.05, 3.63) is 65.7 Å². The normalized spacial score (nSPS) is 13.4. The van der Waals surface area contributed by atoms with E-state index in [4.69, 9.17) is 17.2 Å². The number of aromatic hydroxyl groups is 1. The molecule has 6 amide bonds. The van der Waals surface area contributed by atoms with Crippen molar-refractivity contribution < 1.29 is 43.8 Å². The zero-order valence-corrected chi connectivity index (χ0v) is 33.7. The second kappa shape index (κ2) is 27.4. The van der Waals surface area contributed by atoms with E-state index in [1.54, 1.807) is 42.5 Å². The first-order valence-electron chi connectivity index (χ1n) is 19.2. The molecule has 0 saturated carbocycles. The summed E-state index contributed by atoms with van der Waals surface area (Å²) in [6.45, 7) is -0.286. The first-order chi connectivity index (χ1) is 27.8. The fourth-order valence-electron chi connectivity index (χ4n) is 5.66. The molecule has 0 heterocycles. The zero-order valence-electron chi connectivity index (χ0n) is 32.9. The number of carbonyl (C=O) groups excluding carboxylic acids is 6. The molecule has 0 bridgehead atoms. The molecular weight excluding hydrogens is 771 g/mol. The molecule has 2 rings (SSSR count). The lowest BCUT2D eigenvalue weighted by Gasteiger charge is -2.26. The molecule has 0 saturated heterocycles. The van der Waals surface area contributed by atoms with Crippen LogP contribution in [-0.4, -0.2) is 120 Å². The van der Waals surface area contributed by atoms with Crippen LogP contribution in [0.1, 0.15) is 56.1 Å². The molecule has 5 unspecified atom stereocenters. The molecule has 0 aliphatic rings. The third-order valence-corrected chi connectivity index (χ3v) is 9.56. The summed E-state index contributed by atoms with van der Waals surface area (Å²) < 4.78 is 0. The van der Waals surface area contributed by atoms with Crippen molar-refractivity contribution in [3.63, 3.8) is 0 Å². The molecule has 0 radical (unpaired) electrons. The molecule has 0 aliphatic carbocycles. The molecule has 58 heavy (non-hydrogen) atoms. The fourth-order valence-corrected chi connectivity index (χ4v) is 6.13. The highest BCUT2D eigenvalue weighted by Gasteiger charge is 2.31. The number of hydrogen-bond donors (Lipinski definition) is 11. The summed E-state index contributed by atoms with van der Waals surface area (Å²) in [7, 11) is 0. The number of phenolic OH excluding ortho intramolecular Hbond substituents is 1. The van der Waals surface area contributed by atoms with E-state index < -0.39 is 84.7 Å². The van der Waals surface area contributed by atoms with Gasteiger partial charge in [0.25, 0.3) is 0 Å². The molecule has 2 aromatic carbocycles. The molecule has 19 heteroatoms. The van der Waals surface area contributed by atoms with Crippen molar-refractivity contribution in [3.8, 4) is 5.75 Å². The van der Waals surface area contributed by atoms with Gasteiger partial charge in [0.2, 0.25) is 35.4 Å². The van der Waals surface area contributed by atoms with Crippen LogP contribution in [0.5, 0.6) is 5.75 Å². The molecule has 0 spiro atoms. The van der Waals surface area contributed by atoms with E-state index >= 15 is 0 Å². The van der Waals surface area contributed by atoms with Gasteiger partial charge < -0.3 is 59.3 Å². The van der Waals surface area contributed by atoms with Gasteiger partial charge in [0, 0.05) is 6.42 Å². The van der Waals surface area contributed by atoms with E-state index in [-0.39, 0.29) is 37.9 Å². The molecule has 14 N–H and O–H groups in total. The van der Waals surface area contributed by atoms with Gasteiger partial charge in [-0.1, -0.05) is 42.5 Å². The van der Waals surface area contributed by atoms with Crippen molar-refractivity contribution >= 4 is 53.2 Å².